The molecule has 1 aromatic heterocycles. The second-order valence-electron chi connectivity index (χ2n) is 5.88. The van der Waals surface area contributed by atoms with E-state index in [1.807, 2.05) is 30.6 Å². The second-order valence-corrected chi connectivity index (χ2v) is 6.73. The summed E-state index contributed by atoms with van der Waals surface area (Å²) in [5.41, 5.74) is 2.41. The lowest BCUT2D eigenvalue weighted by Crippen LogP contribution is -2.35. The highest BCUT2D eigenvalue weighted by Gasteiger charge is 2.09. The first-order valence-corrected chi connectivity index (χ1v) is 7.51. The van der Waals surface area contributed by atoms with Crippen LogP contribution >= 0.6 is 15.9 Å². The third-order valence-corrected chi connectivity index (χ3v) is 3.66. The standard InChI is InChI=1S/C16H20BrN3/c1-16(2,3)20-11-12-9-18-15(19-10-12)8-13-6-4-5-7-14(13)17/h4-7,9-10,20H,8,11H2,1-3H3. The summed E-state index contributed by atoms with van der Waals surface area (Å²) < 4.78 is 1.10. The quantitative estimate of drug-likeness (QED) is 0.926. The normalized spacial score (nSPS) is 11.6. The number of halogens is 1. The molecule has 0 saturated heterocycles. The van der Waals surface area contributed by atoms with Crippen molar-refractivity contribution in [1.29, 1.82) is 0 Å². The van der Waals surface area contributed by atoms with Crippen molar-refractivity contribution >= 4 is 15.9 Å². The van der Waals surface area contributed by atoms with Crippen LogP contribution in [0.1, 0.15) is 37.7 Å². The Labute approximate surface area is 129 Å². The molecule has 0 saturated carbocycles. The van der Waals surface area contributed by atoms with Crippen molar-refractivity contribution in [3.63, 3.8) is 0 Å². The summed E-state index contributed by atoms with van der Waals surface area (Å²) in [6.45, 7) is 7.23. The van der Waals surface area contributed by atoms with Crippen LogP contribution in [0.4, 0.5) is 0 Å². The van der Waals surface area contributed by atoms with Gasteiger partial charge in [0.1, 0.15) is 5.82 Å². The first-order valence-electron chi connectivity index (χ1n) is 6.72. The van der Waals surface area contributed by atoms with Crippen molar-refractivity contribution in [2.45, 2.75) is 39.3 Å². The SMILES string of the molecule is CC(C)(C)NCc1cnc(Cc2ccccc2Br)nc1. The number of benzene rings is 1. The first-order chi connectivity index (χ1) is 9.44. The maximum atomic E-state index is 4.44. The molecule has 4 heteroatoms. The van der Waals surface area contributed by atoms with Gasteiger partial charge < -0.3 is 5.32 Å². The highest BCUT2D eigenvalue weighted by atomic mass is 79.9. The Morgan fingerprint density at radius 3 is 2.35 bits per heavy atom. The molecule has 106 valence electrons. The van der Waals surface area contributed by atoms with Crippen LogP contribution in [0.15, 0.2) is 41.1 Å². The summed E-state index contributed by atoms with van der Waals surface area (Å²) in [5, 5.41) is 3.43. The van der Waals surface area contributed by atoms with Gasteiger partial charge in [0.2, 0.25) is 0 Å². The predicted molar refractivity (Wildman–Crippen MR) is 85.6 cm³/mol. The third-order valence-electron chi connectivity index (χ3n) is 2.89. The number of nitrogens with zero attached hydrogens (tertiary/aromatic N) is 2. The highest BCUT2D eigenvalue weighted by Crippen LogP contribution is 2.18. The lowest BCUT2D eigenvalue weighted by Gasteiger charge is -2.20. The van der Waals surface area contributed by atoms with Crippen molar-refractivity contribution in [3.8, 4) is 0 Å². The zero-order valence-corrected chi connectivity index (χ0v) is 13.7. The van der Waals surface area contributed by atoms with Crippen molar-refractivity contribution < 1.29 is 0 Å². The van der Waals surface area contributed by atoms with E-state index in [4.69, 9.17) is 0 Å². The summed E-state index contributed by atoms with van der Waals surface area (Å²) in [6.07, 6.45) is 4.55. The van der Waals surface area contributed by atoms with Gasteiger partial charge in [-0.05, 0) is 32.4 Å². The molecule has 0 bridgehead atoms. The molecule has 2 rings (SSSR count). The third kappa shape index (κ3) is 4.69. The summed E-state index contributed by atoms with van der Waals surface area (Å²) in [5.74, 6) is 0.844. The van der Waals surface area contributed by atoms with Gasteiger partial charge >= 0.3 is 0 Å². The molecule has 0 radical (unpaired) electrons. The minimum absolute atomic E-state index is 0.105. The Morgan fingerprint density at radius 2 is 1.75 bits per heavy atom. The van der Waals surface area contributed by atoms with Crippen LogP contribution in [0.5, 0.6) is 0 Å². The lowest BCUT2D eigenvalue weighted by atomic mass is 10.1. The predicted octanol–water partition coefficient (Wildman–Crippen LogP) is 3.72. The molecule has 1 aromatic carbocycles. The van der Waals surface area contributed by atoms with Gasteiger partial charge in [0.15, 0.2) is 0 Å². The van der Waals surface area contributed by atoms with Crippen LogP contribution in [0, 0.1) is 0 Å². The van der Waals surface area contributed by atoms with Crippen molar-refractivity contribution in [2.24, 2.45) is 0 Å². The fourth-order valence-electron chi connectivity index (χ4n) is 1.74. The Morgan fingerprint density at radius 1 is 1.10 bits per heavy atom. The zero-order chi connectivity index (χ0) is 14.6. The Hall–Kier alpha value is -1.26. The minimum Gasteiger partial charge on any atom is -0.308 e. The van der Waals surface area contributed by atoms with Crippen LogP contribution in [-0.4, -0.2) is 15.5 Å². The van der Waals surface area contributed by atoms with Crippen molar-refractivity contribution in [1.82, 2.24) is 15.3 Å². The van der Waals surface area contributed by atoms with E-state index in [2.05, 4.69) is 58.1 Å². The first kappa shape index (κ1) is 15.1. The van der Waals surface area contributed by atoms with Gasteiger partial charge in [0.25, 0.3) is 0 Å². The molecule has 3 nitrogen and oxygen atoms in total. The molecule has 0 amide bonds. The van der Waals surface area contributed by atoms with Gasteiger partial charge in [0, 0.05) is 40.9 Å². The molecule has 1 heterocycles. The largest absolute Gasteiger partial charge is 0.308 e. The zero-order valence-electron chi connectivity index (χ0n) is 12.2. The average Bonchev–Trinajstić information content (AvgIpc) is 2.40. The number of aromatic nitrogens is 2. The van der Waals surface area contributed by atoms with Gasteiger partial charge in [-0.15, -0.1) is 0 Å². The molecule has 2 aromatic rings. The Kier molecular flexibility index (Phi) is 4.89. The molecule has 0 aliphatic carbocycles. The summed E-state index contributed by atoms with van der Waals surface area (Å²) in [6, 6.07) is 8.16. The van der Waals surface area contributed by atoms with Crippen LogP contribution in [0.25, 0.3) is 0 Å². The highest BCUT2D eigenvalue weighted by molar-refractivity contribution is 9.10. The van der Waals surface area contributed by atoms with Gasteiger partial charge in [-0.2, -0.15) is 0 Å². The van der Waals surface area contributed by atoms with E-state index >= 15 is 0 Å². The van der Waals surface area contributed by atoms with Gasteiger partial charge in [0.05, 0.1) is 0 Å². The van der Waals surface area contributed by atoms with E-state index in [0.717, 1.165) is 28.8 Å². The van der Waals surface area contributed by atoms with Gasteiger partial charge in [-0.25, -0.2) is 9.97 Å². The van der Waals surface area contributed by atoms with E-state index in [-0.39, 0.29) is 5.54 Å². The number of rotatable bonds is 4. The maximum Gasteiger partial charge on any atom is 0.132 e. The maximum absolute atomic E-state index is 4.44. The van der Waals surface area contributed by atoms with E-state index in [0.29, 0.717) is 0 Å². The number of hydrogen-bond donors (Lipinski definition) is 1. The molecule has 0 aliphatic rings. The Balaban J connectivity index is 2.00. The molecule has 20 heavy (non-hydrogen) atoms. The summed E-state index contributed by atoms with van der Waals surface area (Å²) >= 11 is 3.55. The van der Waals surface area contributed by atoms with Crippen molar-refractivity contribution in [2.75, 3.05) is 0 Å². The average molecular weight is 334 g/mol. The molecular formula is C16H20BrN3. The minimum atomic E-state index is 0.105. The smallest absolute Gasteiger partial charge is 0.132 e. The fraction of sp³-hybridized carbons (Fsp3) is 0.375. The summed E-state index contributed by atoms with van der Waals surface area (Å²) in [4.78, 5) is 8.89. The molecule has 0 atom stereocenters. The molecule has 0 fully saturated rings. The fourth-order valence-corrected chi connectivity index (χ4v) is 2.17. The number of nitrogens with one attached hydrogen (secondary N) is 1. The van der Waals surface area contributed by atoms with E-state index < -0.39 is 0 Å². The topological polar surface area (TPSA) is 37.8 Å². The van der Waals surface area contributed by atoms with Crippen LogP contribution in [-0.2, 0) is 13.0 Å². The van der Waals surface area contributed by atoms with Crippen LogP contribution < -0.4 is 5.32 Å². The monoisotopic (exact) mass is 333 g/mol. The lowest BCUT2D eigenvalue weighted by molar-refractivity contribution is 0.423. The molecule has 0 aliphatic heterocycles. The van der Waals surface area contributed by atoms with Crippen LogP contribution in [0.3, 0.4) is 0 Å². The van der Waals surface area contributed by atoms with E-state index in [9.17, 15) is 0 Å². The number of hydrogen-bond acceptors (Lipinski definition) is 3. The van der Waals surface area contributed by atoms with E-state index in [1.165, 1.54) is 5.56 Å². The van der Waals surface area contributed by atoms with Gasteiger partial charge in [-0.3, -0.25) is 0 Å². The van der Waals surface area contributed by atoms with Crippen molar-refractivity contribution in [3.05, 3.63) is 58.1 Å². The summed E-state index contributed by atoms with van der Waals surface area (Å²) in [7, 11) is 0. The Bertz CT molecular complexity index is 559. The van der Waals surface area contributed by atoms with Crippen LogP contribution in [0.2, 0.25) is 0 Å². The molecular weight excluding hydrogens is 314 g/mol. The van der Waals surface area contributed by atoms with Gasteiger partial charge in [-0.1, -0.05) is 34.1 Å². The second kappa shape index (κ2) is 6.46. The van der Waals surface area contributed by atoms with E-state index in [1.54, 1.807) is 0 Å². The molecule has 0 spiro atoms. The molecule has 1 N–H and O–H groups in total. The molecule has 0 unspecified atom stereocenters.